The number of carbonyl (C=O) groups is 1. The number of hydrogen-bond acceptors (Lipinski definition) is 5. The third-order valence-electron chi connectivity index (χ3n) is 5.79. The fraction of sp³-hybridized carbons (Fsp3) is 0.185. The Labute approximate surface area is 197 Å². The largest absolute Gasteiger partial charge is 0.424 e. The standard InChI is InChI=1S/C27H23FN4O2/c28-21-8-1-6-19(16-21)17-22-9-3-11-24(31-22)25-12-4-15-32(25)26(33)20-7-2-10-23(18-20)34-27-29-13-5-14-30-27/h1-3,5-11,13-14,16,18,25H,4,12,15,17H2/t25-/m1/s1. The van der Waals surface area contributed by atoms with Gasteiger partial charge >= 0.3 is 6.01 Å². The van der Waals surface area contributed by atoms with Crippen LogP contribution in [0.15, 0.2) is 85.2 Å². The third-order valence-corrected chi connectivity index (χ3v) is 5.79. The second-order valence-corrected chi connectivity index (χ2v) is 8.18. The highest BCUT2D eigenvalue weighted by Crippen LogP contribution is 2.33. The van der Waals surface area contributed by atoms with Crippen molar-refractivity contribution in [2.75, 3.05) is 6.54 Å². The average molecular weight is 455 g/mol. The highest BCUT2D eigenvalue weighted by Gasteiger charge is 2.31. The minimum Gasteiger partial charge on any atom is -0.424 e. The van der Waals surface area contributed by atoms with Gasteiger partial charge in [-0.3, -0.25) is 9.78 Å². The molecule has 0 bridgehead atoms. The van der Waals surface area contributed by atoms with Gasteiger partial charge in [0.05, 0.1) is 11.7 Å². The number of likely N-dealkylation sites (tertiary alicyclic amines) is 1. The molecule has 1 aliphatic rings. The number of benzene rings is 2. The van der Waals surface area contributed by atoms with Gasteiger partial charge in [0.15, 0.2) is 0 Å². The maximum absolute atomic E-state index is 13.6. The summed E-state index contributed by atoms with van der Waals surface area (Å²) in [6.45, 7) is 0.659. The first kappa shape index (κ1) is 21.7. The smallest absolute Gasteiger partial charge is 0.321 e. The topological polar surface area (TPSA) is 68.2 Å². The molecule has 0 radical (unpaired) electrons. The number of pyridine rings is 1. The van der Waals surface area contributed by atoms with Crippen molar-refractivity contribution in [3.05, 3.63) is 114 Å². The van der Waals surface area contributed by atoms with Crippen LogP contribution in [0.4, 0.5) is 4.39 Å². The summed E-state index contributed by atoms with van der Waals surface area (Å²) in [4.78, 5) is 28.2. The Morgan fingerprint density at radius 3 is 2.68 bits per heavy atom. The number of halogens is 1. The molecule has 6 nitrogen and oxygen atoms in total. The Balaban J connectivity index is 1.34. The SMILES string of the molecule is O=C(c1cccc(Oc2ncccn2)c1)N1CCC[C@@H]1c1cccc(Cc2cccc(F)c2)n1. The van der Waals surface area contributed by atoms with Crippen molar-refractivity contribution in [3.8, 4) is 11.8 Å². The molecule has 2 aromatic heterocycles. The van der Waals surface area contributed by atoms with Gasteiger partial charge in [0.25, 0.3) is 5.91 Å². The van der Waals surface area contributed by atoms with Gasteiger partial charge in [-0.15, -0.1) is 0 Å². The van der Waals surface area contributed by atoms with E-state index in [1.807, 2.05) is 29.2 Å². The van der Waals surface area contributed by atoms with Gasteiger partial charge in [-0.1, -0.05) is 24.3 Å². The molecule has 4 aromatic rings. The molecule has 0 unspecified atom stereocenters. The normalized spacial score (nSPS) is 15.3. The van der Waals surface area contributed by atoms with Gasteiger partial charge in [-0.05, 0) is 66.9 Å². The van der Waals surface area contributed by atoms with Crippen LogP contribution in [0.3, 0.4) is 0 Å². The van der Waals surface area contributed by atoms with Crippen molar-refractivity contribution in [1.29, 1.82) is 0 Å². The Kier molecular flexibility index (Phi) is 6.25. The summed E-state index contributed by atoms with van der Waals surface area (Å²) in [5.74, 6) is 0.175. The van der Waals surface area contributed by atoms with Crippen LogP contribution in [0.1, 0.15) is 46.2 Å². The van der Waals surface area contributed by atoms with Gasteiger partial charge in [0.2, 0.25) is 0 Å². The predicted octanol–water partition coefficient (Wildman–Crippen LogP) is 5.37. The van der Waals surface area contributed by atoms with Gasteiger partial charge in [-0.2, -0.15) is 0 Å². The number of nitrogens with zero attached hydrogens (tertiary/aromatic N) is 4. The lowest BCUT2D eigenvalue weighted by atomic mass is 10.1. The van der Waals surface area contributed by atoms with Crippen LogP contribution in [-0.2, 0) is 6.42 Å². The summed E-state index contributed by atoms with van der Waals surface area (Å²) in [5.41, 5.74) is 3.10. The molecule has 170 valence electrons. The minimum atomic E-state index is -0.258. The summed E-state index contributed by atoms with van der Waals surface area (Å²) in [6, 6.07) is 21.3. The zero-order chi connectivity index (χ0) is 23.3. The zero-order valence-corrected chi connectivity index (χ0v) is 18.5. The lowest BCUT2D eigenvalue weighted by Gasteiger charge is -2.25. The van der Waals surface area contributed by atoms with Crippen molar-refractivity contribution >= 4 is 5.91 Å². The van der Waals surface area contributed by atoms with E-state index in [0.29, 0.717) is 24.3 Å². The van der Waals surface area contributed by atoms with Gasteiger partial charge in [0, 0.05) is 36.6 Å². The summed E-state index contributed by atoms with van der Waals surface area (Å²) in [6.07, 6.45) is 5.48. The van der Waals surface area contributed by atoms with E-state index in [2.05, 4.69) is 9.97 Å². The second kappa shape index (κ2) is 9.79. The van der Waals surface area contributed by atoms with Crippen molar-refractivity contribution in [2.24, 2.45) is 0 Å². The van der Waals surface area contributed by atoms with Crippen molar-refractivity contribution < 1.29 is 13.9 Å². The van der Waals surface area contributed by atoms with Crippen LogP contribution in [-0.4, -0.2) is 32.3 Å². The lowest BCUT2D eigenvalue weighted by molar-refractivity contribution is 0.0732. The van der Waals surface area contributed by atoms with Crippen LogP contribution in [0, 0.1) is 5.82 Å². The number of ether oxygens (including phenoxy) is 1. The van der Waals surface area contributed by atoms with E-state index in [4.69, 9.17) is 9.72 Å². The first-order valence-electron chi connectivity index (χ1n) is 11.2. The highest BCUT2D eigenvalue weighted by atomic mass is 19.1. The van der Waals surface area contributed by atoms with E-state index in [1.165, 1.54) is 12.1 Å². The van der Waals surface area contributed by atoms with E-state index in [1.54, 1.807) is 48.8 Å². The molecular weight excluding hydrogens is 431 g/mol. The number of rotatable bonds is 6. The fourth-order valence-corrected chi connectivity index (χ4v) is 4.26. The van der Waals surface area contributed by atoms with E-state index in [9.17, 15) is 9.18 Å². The molecular formula is C27H23FN4O2. The van der Waals surface area contributed by atoms with E-state index in [0.717, 1.165) is 29.8 Å². The van der Waals surface area contributed by atoms with Crippen LogP contribution >= 0.6 is 0 Å². The third kappa shape index (κ3) is 4.93. The zero-order valence-electron chi connectivity index (χ0n) is 18.5. The summed E-state index contributed by atoms with van der Waals surface area (Å²) in [7, 11) is 0. The molecule has 34 heavy (non-hydrogen) atoms. The molecule has 1 fully saturated rings. The molecule has 0 N–H and O–H groups in total. The van der Waals surface area contributed by atoms with Crippen molar-refractivity contribution in [1.82, 2.24) is 19.9 Å². The molecule has 0 saturated carbocycles. The lowest BCUT2D eigenvalue weighted by Crippen LogP contribution is -2.31. The van der Waals surface area contributed by atoms with E-state index >= 15 is 0 Å². The van der Waals surface area contributed by atoms with Crippen LogP contribution in [0.2, 0.25) is 0 Å². The maximum Gasteiger partial charge on any atom is 0.321 e. The van der Waals surface area contributed by atoms with Gasteiger partial charge in [0.1, 0.15) is 11.6 Å². The number of aromatic nitrogens is 3. The Morgan fingerprint density at radius 2 is 1.82 bits per heavy atom. The van der Waals surface area contributed by atoms with E-state index in [-0.39, 0.29) is 23.8 Å². The molecule has 1 amide bonds. The van der Waals surface area contributed by atoms with Crippen molar-refractivity contribution in [2.45, 2.75) is 25.3 Å². The van der Waals surface area contributed by atoms with Crippen molar-refractivity contribution in [3.63, 3.8) is 0 Å². The molecule has 1 aliphatic heterocycles. The van der Waals surface area contributed by atoms with Gasteiger partial charge in [-0.25, -0.2) is 14.4 Å². The number of carbonyl (C=O) groups excluding carboxylic acids is 1. The molecule has 3 heterocycles. The monoisotopic (exact) mass is 454 g/mol. The highest BCUT2D eigenvalue weighted by molar-refractivity contribution is 5.95. The van der Waals surface area contributed by atoms with Crippen LogP contribution in [0.25, 0.3) is 0 Å². The first-order chi connectivity index (χ1) is 16.7. The molecule has 5 rings (SSSR count). The quantitative estimate of drug-likeness (QED) is 0.392. The molecule has 7 heteroatoms. The Bertz CT molecular complexity index is 1300. The minimum absolute atomic E-state index is 0.0701. The molecule has 0 aliphatic carbocycles. The molecule has 0 spiro atoms. The summed E-state index contributed by atoms with van der Waals surface area (Å²) in [5, 5.41) is 0. The molecule has 2 aromatic carbocycles. The molecule has 1 saturated heterocycles. The molecule has 1 atom stereocenters. The summed E-state index contributed by atoms with van der Waals surface area (Å²) < 4.78 is 19.3. The number of amides is 1. The maximum atomic E-state index is 13.6. The Hall–Kier alpha value is -4.13. The fourth-order valence-electron chi connectivity index (χ4n) is 4.26. The summed E-state index contributed by atoms with van der Waals surface area (Å²) >= 11 is 0. The van der Waals surface area contributed by atoms with Gasteiger partial charge < -0.3 is 9.64 Å². The first-order valence-corrected chi connectivity index (χ1v) is 11.2. The Morgan fingerprint density at radius 1 is 1.00 bits per heavy atom. The van der Waals surface area contributed by atoms with Crippen LogP contribution < -0.4 is 4.74 Å². The van der Waals surface area contributed by atoms with Crippen LogP contribution in [0.5, 0.6) is 11.8 Å². The predicted molar refractivity (Wildman–Crippen MR) is 125 cm³/mol. The second-order valence-electron chi connectivity index (χ2n) is 8.18. The van der Waals surface area contributed by atoms with E-state index < -0.39 is 0 Å². The number of hydrogen-bond donors (Lipinski definition) is 0. The average Bonchev–Trinajstić information content (AvgIpc) is 3.35.